The number of oxazole rings is 1. The molecule has 1 heterocycles. The van der Waals surface area contributed by atoms with Crippen molar-refractivity contribution in [3.63, 3.8) is 0 Å². The Bertz CT molecular complexity index is 1270. The number of fused-ring (bicyclic) bond motifs is 1. The summed E-state index contributed by atoms with van der Waals surface area (Å²) in [6.07, 6.45) is 1.37. The topological polar surface area (TPSA) is 102 Å². The molecule has 1 N–H and O–H groups in total. The zero-order valence-corrected chi connectivity index (χ0v) is 18.3. The van der Waals surface area contributed by atoms with E-state index in [0.29, 0.717) is 22.7 Å². The Morgan fingerprint density at radius 2 is 1.93 bits per heavy atom. The molecule has 0 atom stereocenters. The third-order valence-electron chi connectivity index (χ3n) is 4.10. The number of aromatic hydroxyl groups is 1. The summed E-state index contributed by atoms with van der Waals surface area (Å²) in [5, 5.41) is 21.1. The quantitative estimate of drug-likeness (QED) is 0.137. The molecule has 0 spiro atoms. The van der Waals surface area contributed by atoms with Crippen molar-refractivity contribution in [1.29, 1.82) is 0 Å². The SMILES string of the molecule is O=[N+]([O-])c1cc(Br)c(O)c(C=Nc2ccc3oc(-c4ccc(I)cc4)nc3c2)c1. The summed E-state index contributed by atoms with van der Waals surface area (Å²) in [5.41, 5.74) is 2.78. The van der Waals surface area contributed by atoms with Gasteiger partial charge in [-0.05, 0) is 81.0 Å². The fourth-order valence-corrected chi connectivity index (χ4v) is 3.49. The number of nitro groups is 1. The van der Waals surface area contributed by atoms with E-state index in [1.807, 2.05) is 24.3 Å². The van der Waals surface area contributed by atoms with Crippen LogP contribution in [0.3, 0.4) is 0 Å². The summed E-state index contributed by atoms with van der Waals surface area (Å²) in [6.45, 7) is 0. The largest absolute Gasteiger partial charge is 0.506 e. The van der Waals surface area contributed by atoms with Crippen LogP contribution >= 0.6 is 38.5 Å². The first-order valence-corrected chi connectivity index (χ1v) is 10.2. The van der Waals surface area contributed by atoms with Gasteiger partial charge in [0.2, 0.25) is 5.89 Å². The van der Waals surface area contributed by atoms with E-state index in [1.165, 1.54) is 18.3 Å². The maximum absolute atomic E-state index is 11.0. The minimum Gasteiger partial charge on any atom is -0.506 e. The van der Waals surface area contributed by atoms with Crippen LogP contribution in [0.15, 0.2) is 68.5 Å². The van der Waals surface area contributed by atoms with Gasteiger partial charge in [0.1, 0.15) is 11.3 Å². The molecule has 4 aromatic rings. The highest BCUT2D eigenvalue weighted by atomic mass is 127. The Balaban J connectivity index is 1.67. The van der Waals surface area contributed by atoms with Crippen molar-refractivity contribution < 1.29 is 14.4 Å². The molecule has 29 heavy (non-hydrogen) atoms. The second-order valence-corrected chi connectivity index (χ2v) is 8.16. The summed E-state index contributed by atoms with van der Waals surface area (Å²) in [5.74, 6) is 0.389. The fraction of sp³-hybridized carbons (Fsp3) is 0. The second-order valence-electron chi connectivity index (χ2n) is 6.06. The van der Waals surface area contributed by atoms with E-state index < -0.39 is 4.92 Å². The van der Waals surface area contributed by atoms with Gasteiger partial charge in [-0.25, -0.2) is 4.98 Å². The molecule has 0 aliphatic carbocycles. The van der Waals surface area contributed by atoms with Crippen LogP contribution in [0, 0.1) is 13.7 Å². The van der Waals surface area contributed by atoms with Gasteiger partial charge in [-0.1, -0.05) is 0 Å². The van der Waals surface area contributed by atoms with Gasteiger partial charge in [0, 0.05) is 33.0 Å². The van der Waals surface area contributed by atoms with Crippen LogP contribution in [0.1, 0.15) is 5.56 Å². The molecule has 0 aliphatic heterocycles. The van der Waals surface area contributed by atoms with Crippen LogP contribution in [0.5, 0.6) is 5.75 Å². The predicted molar refractivity (Wildman–Crippen MR) is 122 cm³/mol. The number of phenols is 1. The monoisotopic (exact) mass is 563 g/mol. The average Bonchev–Trinajstić information content (AvgIpc) is 3.12. The zero-order valence-electron chi connectivity index (χ0n) is 14.5. The third-order valence-corrected chi connectivity index (χ3v) is 5.43. The number of non-ortho nitro benzene ring substituents is 1. The van der Waals surface area contributed by atoms with Crippen molar-refractivity contribution in [2.24, 2.45) is 4.99 Å². The number of hydrogen-bond acceptors (Lipinski definition) is 6. The minimum absolute atomic E-state index is 0.122. The van der Waals surface area contributed by atoms with Crippen LogP contribution in [0.25, 0.3) is 22.6 Å². The Labute approximate surface area is 186 Å². The lowest BCUT2D eigenvalue weighted by Gasteiger charge is -2.02. The van der Waals surface area contributed by atoms with Gasteiger partial charge < -0.3 is 9.52 Å². The molecule has 0 saturated heterocycles. The van der Waals surface area contributed by atoms with Gasteiger partial charge in [0.05, 0.1) is 15.1 Å². The van der Waals surface area contributed by atoms with E-state index in [1.54, 1.807) is 18.2 Å². The molecule has 3 aromatic carbocycles. The van der Waals surface area contributed by atoms with E-state index >= 15 is 0 Å². The highest BCUT2D eigenvalue weighted by molar-refractivity contribution is 14.1. The van der Waals surface area contributed by atoms with E-state index in [0.717, 1.165) is 9.13 Å². The van der Waals surface area contributed by atoms with Gasteiger partial charge in [0.25, 0.3) is 5.69 Å². The predicted octanol–water partition coefficient (Wildman–Crippen LogP) is 6.23. The lowest BCUT2D eigenvalue weighted by atomic mass is 10.2. The highest BCUT2D eigenvalue weighted by Crippen LogP contribution is 2.32. The van der Waals surface area contributed by atoms with Crippen molar-refractivity contribution in [3.8, 4) is 17.2 Å². The normalized spacial score (nSPS) is 11.4. The zero-order chi connectivity index (χ0) is 20.5. The molecule has 0 saturated carbocycles. The van der Waals surface area contributed by atoms with Gasteiger partial charge in [-0.15, -0.1) is 0 Å². The molecule has 4 rings (SSSR count). The summed E-state index contributed by atoms with van der Waals surface area (Å²) < 4.78 is 7.15. The molecule has 144 valence electrons. The van der Waals surface area contributed by atoms with Crippen LogP contribution in [0.2, 0.25) is 0 Å². The summed E-state index contributed by atoms with van der Waals surface area (Å²) in [7, 11) is 0. The van der Waals surface area contributed by atoms with E-state index in [4.69, 9.17) is 4.42 Å². The summed E-state index contributed by atoms with van der Waals surface area (Å²) in [4.78, 5) is 19.3. The van der Waals surface area contributed by atoms with Crippen LogP contribution in [0.4, 0.5) is 11.4 Å². The number of halogens is 2. The molecule has 0 fully saturated rings. The van der Waals surface area contributed by atoms with Crippen molar-refractivity contribution in [2.45, 2.75) is 0 Å². The molecule has 7 nitrogen and oxygen atoms in total. The Morgan fingerprint density at radius 1 is 1.17 bits per heavy atom. The Kier molecular flexibility index (Phi) is 5.33. The van der Waals surface area contributed by atoms with Crippen molar-refractivity contribution in [2.75, 3.05) is 0 Å². The molecule has 0 bridgehead atoms. The second kappa shape index (κ2) is 7.91. The molecule has 0 aliphatic rings. The van der Waals surface area contributed by atoms with E-state index in [2.05, 4.69) is 48.5 Å². The molecule has 0 unspecified atom stereocenters. The van der Waals surface area contributed by atoms with Crippen molar-refractivity contribution in [1.82, 2.24) is 4.98 Å². The van der Waals surface area contributed by atoms with E-state index in [9.17, 15) is 15.2 Å². The molecule has 0 amide bonds. The van der Waals surface area contributed by atoms with Gasteiger partial charge in [-0.2, -0.15) is 0 Å². The molecule has 9 heteroatoms. The number of aromatic nitrogens is 1. The van der Waals surface area contributed by atoms with Crippen LogP contribution in [-0.4, -0.2) is 21.2 Å². The first kappa shape index (κ1) is 19.5. The Hall–Kier alpha value is -2.79. The average molecular weight is 564 g/mol. The van der Waals surface area contributed by atoms with E-state index in [-0.39, 0.29) is 21.5 Å². The number of rotatable bonds is 4. The van der Waals surface area contributed by atoms with Gasteiger partial charge >= 0.3 is 0 Å². The highest BCUT2D eigenvalue weighted by Gasteiger charge is 2.14. The van der Waals surface area contributed by atoms with Gasteiger partial charge in [-0.3, -0.25) is 15.1 Å². The Morgan fingerprint density at radius 3 is 2.66 bits per heavy atom. The van der Waals surface area contributed by atoms with Crippen molar-refractivity contribution in [3.05, 3.63) is 78.3 Å². The smallest absolute Gasteiger partial charge is 0.271 e. The number of benzene rings is 3. The molecule has 0 radical (unpaired) electrons. The standard InChI is InChI=1S/C20H11BrIN3O4/c21-16-9-15(25(27)28)7-12(19(16)26)10-23-14-5-6-18-17(8-14)24-20(29-18)11-1-3-13(22)4-2-11/h1-10,26H. The number of aliphatic imine (C=N–C) groups is 1. The molecule has 1 aromatic heterocycles. The fourth-order valence-electron chi connectivity index (χ4n) is 2.67. The molecular weight excluding hydrogens is 553 g/mol. The minimum atomic E-state index is -0.533. The van der Waals surface area contributed by atoms with Gasteiger partial charge in [0.15, 0.2) is 5.58 Å². The summed E-state index contributed by atoms with van der Waals surface area (Å²) >= 11 is 5.35. The maximum atomic E-state index is 11.0. The third kappa shape index (κ3) is 4.15. The maximum Gasteiger partial charge on any atom is 0.271 e. The van der Waals surface area contributed by atoms with Crippen LogP contribution < -0.4 is 0 Å². The van der Waals surface area contributed by atoms with Crippen molar-refractivity contribution >= 4 is 67.2 Å². The lowest BCUT2D eigenvalue weighted by Crippen LogP contribution is -1.91. The first-order valence-electron chi connectivity index (χ1n) is 8.28. The number of nitro benzene ring substituents is 1. The number of hydrogen-bond donors (Lipinski definition) is 1. The molecular formula is C20H11BrIN3O4. The number of nitrogens with zero attached hydrogens (tertiary/aromatic N) is 3. The number of phenolic OH excluding ortho intramolecular Hbond substituents is 1. The first-order chi connectivity index (χ1) is 13.9. The summed E-state index contributed by atoms with van der Waals surface area (Å²) in [6, 6.07) is 15.6. The van der Waals surface area contributed by atoms with Crippen LogP contribution in [-0.2, 0) is 0 Å². The lowest BCUT2D eigenvalue weighted by molar-refractivity contribution is -0.385.